The van der Waals surface area contributed by atoms with Gasteiger partial charge in [0, 0.05) is 25.6 Å². The number of carbonyl (C=O) groups excluding carboxylic acids is 2. The molecule has 2 aliphatic rings. The number of hydrogen-bond donors (Lipinski definition) is 1. The van der Waals surface area contributed by atoms with Crippen molar-refractivity contribution in [1.29, 1.82) is 0 Å². The van der Waals surface area contributed by atoms with Crippen LogP contribution in [-0.4, -0.2) is 53.8 Å². The summed E-state index contributed by atoms with van der Waals surface area (Å²) >= 11 is 0. The monoisotopic (exact) mass is 225 g/mol. The molecule has 90 valence electrons. The SMILES string of the molecule is NC1CCCN(CC(=O)N2CCCC2=O)C1. The molecule has 0 aromatic heterocycles. The van der Waals surface area contributed by atoms with Crippen molar-refractivity contribution in [3.63, 3.8) is 0 Å². The van der Waals surface area contributed by atoms with Crippen LogP contribution in [0.4, 0.5) is 0 Å². The van der Waals surface area contributed by atoms with Crippen LogP contribution in [0.1, 0.15) is 25.7 Å². The van der Waals surface area contributed by atoms with E-state index in [1.807, 2.05) is 0 Å². The van der Waals surface area contributed by atoms with Crippen molar-refractivity contribution in [2.75, 3.05) is 26.2 Å². The van der Waals surface area contributed by atoms with Crippen LogP contribution < -0.4 is 5.73 Å². The van der Waals surface area contributed by atoms with Gasteiger partial charge in [-0.05, 0) is 25.8 Å². The van der Waals surface area contributed by atoms with Gasteiger partial charge in [0.2, 0.25) is 11.8 Å². The van der Waals surface area contributed by atoms with Crippen LogP contribution in [0.25, 0.3) is 0 Å². The molecule has 5 nitrogen and oxygen atoms in total. The molecule has 0 radical (unpaired) electrons. The number of nitrogens with zero attached hydrogens (tertiary/aromatic N) is 2. The maximum atomic E-state index is 11.9. The Balaban J connectivity index is 1.84. The molecule has 0 saturated carbocycles. The van der Waals surface area contributed by atoms with E-state index in [9.17, 15) is 9.59 Å². The van der Waals surface area contributed by atoms with Gasteiger partial charge in [-0.15, -0.1) is 0 Å². The fourth-order valence-corrected chi connectivity index (χ4v) is 2.42. The van der Waals surface area contributed by atoms with Crippen molar-refractivity contribution in [1.82, 2.24) is 9.80 Å². The highest BCUT2D eigenvalue weighted by Gasteiger charge is 2.28. The molecule has 2 saturated heterocycles. The minimum atomic E-state index is -0.0587. The van der Waals surface area contributed by atoms with Crippen LogP contribution in [0, 0.1) is 0 Å². The molecule has 0 spiro atoms. The predicted octanol–water partition coefficient (Wildman–Crippen LogP) is -0.441. The summed E-state index contributed by atoms with van der Waals surface area (Å²) in [5, 5.41) is 0. The van der Waals surface area contributed by atoms with E-state index in [1.165, 1.54) is 4.90 Å². The number of likely N-dealkylation sites (tertiary alicyclic amines) is 2. The van der Waals surface area contributed by atoms with E-state index in [2.05, 4.69) is 4.90 Å². The Morgan fingerprint density at radius 2 is 2.19 bits per heavy atom. The van der Waals surface area contributed by atoms with Gasteiger partial charge in [-0.3, -0.25) is 19.4 Å². The average molecular weight is 225 g/mol. The number of hydrogen-bond acceptors (Lipinski definition) is 4. The zero-order valence-corrected chi connectivity index (χ0v) is 9.52. The lowest BCUT2D eigenvalue weighted by Gasteiger charge is -2.30. The smallest absolute Gasteiger partial charge is 0.243 e. The number of nitrogens with two attached hydrogens (primary N) is 1. The second-order valence-electron chi connectivity index (χ2n) is 4.68. The maximum Gasteiger partial charge on any atom is 0.243 e. The van der Waals surface area contributed by atoms with Crippen LogP contribution in [0.3, 0.4) is 0 Å². The molecule has 0 aliphatic carbocycles. The third-order valence-electron chi connectivity index (χ3n) is 3.28. The van der Waals surface area contributed by atoms with Crippen molar-refractivity contribution < 1.29 is 9.59 Å². The van der Waals surface area contributed by atoms with Gasteiger partial charge in [-0.1, -0.05) is 0 Å². The fourth-order valence-electron chi connectivity index (χ4n) is 2.42. The van der Waals surface area contributed by atoms with Crippen LogP contribution in [-0.2, 0) is 9.59 Å². The van der Waals surface area contributed by atoms with Gasteiger partial charge >= 0.3 is 0 Å². The number of carbonyl (C=O) groups is 2. The summed E-state index contributed by atoms with van der Waals surface area (Å²) in [5.41, 5.74) is 5.85. The molecule has 0 aromatic carbocycles. The average Bonchev–Trinajstić information content (AvgIpc) is 2.64. The van der Waals surface area contributed by atoms with Crippen molar-refractivity contribution in [3.8, 4) is 0 Å². The molecule has 2 amide bonds. The van der Waals surface area contributed by atoms with Gasteiger partial charge in [0.05, 0.1) is 6.54 Å². The van der Waals surface area contributed by atoms with E-state index in [0.29, 0.717) is 19.5 Å². The quantitative estimate of drug-likeness (QED) is 0.692. The van der Waals surface area contributed by atoms with E-state index in [4.69, 9.17) is 5.73 Å². The summed E-state index contributed by atoms with van der Waals surface area (Å²) in [6, 6.07) is 0.177. The van der Waals surface area contributed by atoms with Gasteiger partial charge in [0.1, 0.15) is 0 Å². The molecule has 16 heavy (non-hydrogen) atoms. The van der Waals surface area contributed by atoms with Crippen LogP contribution in [0.15, 0.2) is 0 Å². The first-order chi connectivity index (χ1) is 7.66. The summed E-state index contributed by atoms with van der Waals surface area (Å²) in [5.74, 6) is -0.0806. The Bertz CT molecular complexity index is 293. The number of imide groups is 1. The second-order valence-corrected chi connectivity index (χ2v) is 4.68. The summed E-state index contributed by atoms with van der Waals surface area (Å²) in [7, 11) is 0. The normalized spacial score (nSPS) is 27.4. The van der Waals surface area contributed by atoms with E-state index in [0.717, 1.165) is 32.4 Å². The molecule has 2 N–H and O–H groups in total. The minimum Gasteiger partial charge on any atom is -0.327 e. The standard InChI is InChI=1S/C11H19N3O2/c12-9-3-1-5-13(7-9)8-11(16)14-6-2-4-10(14)15/h9H,1-8,12H2. The summed E-state index contributed by atoms with van der Waals surface area (Å²) in [4.78, 5) is 26.7. The maximum absolute atomic E-state index is 11.9. The zero-order chi connectivity index (χ0) is 11.5. The molecule has 2 rings (SSSR count). The van der Waals surface area contributed by atoms with Crippen LogP contribution in [0.2, 0.25) is 0 Å². The first-order valence-corrected chi connectivity index (χ1v) is 5.98. The molecule has 0 aromatic rings. The van der Waals surface area contributed by atoms with E-state index >= 15 is 0 Å². The summed E-state index contributed by atoms with van der Waals surface area (Å²) in [6.07, 6.45) is 3.41. The molecular formula is C11H19N3O2. The van der Waals surface area contributed by atoms with Gasteiger partial charge in [0.15, 0.2) is 0 Å². The Kier molecular flexibility index (Phi) is 3.56. The molecule has 5 heteroatoms. The molecular weight excluding hydrogens is 206 g/mol. The molecule has 1 atom stereocenters. The van der Waals surface area contributed by atoms with E-state index < -0.39 is 0 Å². The minimum absolute atomic E-state index is 0.0219. The molecule has 2 fully saturated rings. The number of amides is 2. The van der Waals surface area contributed by atoms with Crippen LogP contribution >= 0.6 is 0 Å². The molecule has 0 bridgehead atoms. The van der Waals surface area contributed by atoms with Crippen molar-refractivity contribution in [2.24, 2.45) is 5.73 Å². The summed E-state index contributed by atoms with van der Waals surface area (Å²) in [6.45, 7) is 2.63. The Labute approximate surface area is 95.6 Å². The van der Waals surface area contributed by atoms with E-state index in [1.54, 1.807) is 0 Å². The number of rotatable bonds is 2. The van der Waals surface area contributed by atoms with Crippen molar-refractivity contribution in [2.45, 2.75) is 31.7 Å². The number of piperidine rings is 1. The van der Waals surface area contributed by atoms with Gasteiger partial charge in [0.25, 0.3) is 0 Å². The van der Waals surface area contributed by atoms with Gasteiger partial charge in [-0.2, -0.15) is 0 Å². The van der Waals surface area contributed by atoms with Crippen molar-refractivity contribution in [3.05, 3.63) is 0 Å². The third-order valence-corrected chi connectivity index (χ3v) is 3.28. The highest BCUT2D eigenvalue weighted by Crippen LogP contribution is 2.12. The highest BCUT2D eigenvalue weighted by atomic mass is 16.2. The Hall–Kier alpha value is -0.940. The lowest BCUT2D eigenvalue weighted by atomic mass is 10.1. The first-order valence-electron chi connectivity index (χ1n) is 5.98. The van der Waals surface area contributed by atoms with Gasteiger partial charge < -0.3 is 5.73 Å². The highest BCUT2D eigenvalue weighted by molar-refractivity contribution is 5.97. The predicted molar refractivity (Wildman–Crippen MR) is 59.6 cm³/mol. The van der Waals surface area contributed by atoms with Crippen molar-refractivity contribution >= 4 is 11.8 Å². The molecule has 2 heterocycles. The second kappa shape index (κ2) is 4.93. The Morgan fingerprint density at radius 1 is 1.38 bits per heavy atom. The van der Waals surface area contributed by atoms with E-state index in [-0.39, 0.29) is 17.9 Å². The molecule has 2 aliphatic heterocycles. The Morgan fingerprint density at radius 3 is 2.81 bits per heavy atom. The summed E-state index contributed by atoms with van der Waals surface area (Å²) < 4.78 is 0. The van der Waals surface area contributed by atoms with Gasteiger partial charge in [-0.25, -0.2) is 0 Å². The fraction of sp³-hybridized carbons (Fsp3) is 0.818. The lowest BCUT2D eigenvalue weighted by molar-refractivity contribution is -0.142. The first kappa shape index (κ1) is 11.5. The van der Waals surface area contributed by atoms with Crippen LogP contribution in [0.5, 0.6) is 0 Å². The largest absolute Gasteiger partial charge is 0.327 e. The zero-order valence-electron chi connectivity index (χ0n) is 9.52. The third kappa shape index (κ3) is 2.59. The lowest BCUT2D eigenvalue weighted by Crippen LogP contribution is -2.48. The topological polar surface area (TPSA) is 66.6 Å². The molecule has 1 unspecified atom stereocenters.